The third-order valence-electron chi connectivity index (χ3n) is 2.48. The molecule has 0 amide bonds. The minimum atomic E-state index is -1.07. The van der Waals surface area contributed by atoms with Crippen LogP contribution in [0.2, 0.25) is 10.0 Å². The highest BCUT2D eigenvalue weighted by Gasteiger charge is 2.11. The van der Waals surface area contributed by atoms with Crippen LogP contribution in [0.1, 0.15) is 15.9 Å². The average molecular weight is 308 g/mol. The highest BCUT2D eigenvalue weighted by molar-refractivity contribution is 6.35. The zero-order chi connectivity index (χ0) is 14.7. The van der Waals surface area contributed by atoms with Crippen molar-refractivity contribution in [1.29, 1.82) is 5.26 Å². The Hall–Kier alpha value is -2.29. The summed E-state index contributed by atoms with van der Waals surface area (Å²) in [4.78, 5) is 14.8. The summed E-state index contributed by atoms with van der Waals surface area (Å²) >= 11 is 12.0. The van der Waals surface area contributed by atoms with Gasteiger partial charge in [0.1, 0.15) is 11.1 Å². The minimum Gasteiger partial charge on any atom is -0.478 e. The van der Waals surface area contributed by atoms with Crippen LogP contribution in [0.4, 0.5) is 11.5 Å². The zero-order valence-electron chi connectivity index (χ0n) is 9.89. The maximum atomic E-state index is 10.8. The summed E-state index contributed by atoms with van der Waals surface area (Å²) in [6, 6.07) is 7.64. The molecule has 0 atom stereocenters. The fourth-order valence-corrected chi connectivity index (χ4v) is 1.92. The fourth-order valence-electron chi connectivity index (χ4n) is 1.49. The number of benzene rings is 1. The number of anilines is 2. The molecule has 1 heterocycles. The molecular weight excluding hydrogens is 301 g/mol. The van der Waals surface area contributed by atoms with E-state index >= 15 is 0 Å². The molecule has 0 unspecified atom stereocenters. The summed E-state index contributed by atoms with van der Waals surface area (Å²) in [6.07, 6.45) is 1.44. The van der Waals surface area contributed by atoms with E-state index in [4.69, 9.17) is 33.6 Å². The second kappa shape index (κ2) is 5.78. The van der Waals surface area contributed by atoms with E-state index in [1.165, 1.54) is 30.5 Å². The number of hydrogen-bond acceptors (Lipinski definition) is 4. The molecule has 0 aliphatic rings. The van der Waals surface area contributed by atoms with Gasteiger partial charge in [0.25, 0.3) is 0 Å². The third-order valence-corrected chi connectivity index (χ3v) is 3.17. The molecule has 20 heavy (non-hydrogen) atoms. The van der Waals surface area contributed by atoms with Crippen molar-refractivity contribution in [3.63, 3.8) is 0 Å². The third kappa shape index (κ3) is 2.82. The second-order valence-electron chi connectivity index (χ2n) is 3.76. The fraction of sp³-hybridized carbons (Fsp3) is 0. The predicted molar refractivity (Wildman–Crippen MR) is 75.7 cm³/mol. The van der Waals surface area contributed by atoms with Crippen LogP contribution in [-0.2, 0) is 0 Å². The number of pyridine rings is 1. The van der Waals surface area contributed by atoms with Crippen molar-refractivity contribution in [3.8, 4) is 6.07 Å². The number of nitrogens with one attached hydrogen (secondary N) is 1. The molecule has 0 saturated carbocycles. The SMILES string of the molecule is N#Cc1ccnc(Nc2ccc(C(=O)O)cc2Cl)c1Cl. The average Bonchev–Trinajstić information content (AvgIpc) is 2.43. The van der Waals surface area contributed by atoms with Gasteiger partial charge in [-0.05, 0) is 24.3 Å². The molecule has 0 saturated heterocycles. The lowest BCUT2D eigenvalue weighted by atomic mass is 10.2. The lowest BCUT2D eigenvalue weighted by molar-refractivity contribution is 0.0697. The molecule has 0 aliphatic carbocycles. The van der Waals surface area contributed by atoms with Crippen LogP contribution in [0.25, 0.3) is 0 Å². The van der Waals surface area contributed by atoms with E-state index in [0.717, 1.165) is 0 Å². The van der Waals surface area contributed by atoms with Crippen LogP contribution in [0.3, 0.4) is 0 Å². The highest BCUT2D eigenvalue weighted by Crippen LogP contribution is 2.30. The van der Waals surface area contributed by atoms with Gasteiger partial charge in [0.15, 0.2) is 5.82 Å². The Morgan fingerprint density at radius 3 is 2.70 bits per heavy atom. The maximum absolute atomic E-state index is 10.8. The van der Waals surface area contributed by atoms with Gasteiger partial charge >= 0.3 is 5.97 Å². The van der Waals surface area contributed by atoms with Crippen molar-refractivity contribution < 1.29 is 9.90 Å². The largest absolute Gasteiger partial charge is 0.478 e. The number of carboxylic acids is 1. The zero-order valence-corrected chi connectivity index (χ0v) is 11.4. The normalized spacial score (nSPS) is 9.85. The van der Waals surface area contributed by atoms with Crippen molar-refractivity contribution in [3.05, 3.63) is 51.6 Å². The molecule has 2 N–H and O–H groups in total. The smallest absolute Gasteiger partial charge is 0.335 e. The number of carbonyl (C=O) groups is 1. The van der Waals surface area contributed by atoms with Crippen LogP contribution < -0.4 is 5.32 Å². The summed E-state index contributed by atoms with van der Waals surface area (Å²) in [5, 5.41) is 21.0. The molecule has 0 radical (unpaired) electrons. The molecule has 1 aromatic heterocycles. The number of aromatic carboxylic acids is 1. The number of nitriles is 1. The summed E-state index contributed by atoms with van der Waals surface area (Å²) < 4.78 is 0. The molecule has 0 bridgehead atoms. The Bertz CT molecular complexity index is 726. The van der Waals surface area contributed by atoms with Gasteiger partial charge in [-0.1, -0.05) is 23.2 Å². The number of carboxylic acid groups (broad SMARTS) is 1. The van der Waals surface area contributed by atoms with Gasteiger partial charge < -0.3 is 10.4 Å². The first-order valence-corrected chi connectivity index (χ1v) is 6.13. The Kier molecular flexibility index (Phi) is 4.08. The van der Waals surface area contributed by atoms with Crippen LogP contribution in [0.5, 0.6) is 0 Å². The molecule has 100 valence electrons. The molecule has 7 heteroatoms. The number of rotatable bonds is 3. The molecule has 2 aromatic rings. The lowest BCUT2D eigenvalue weighted by Gasteiger charge is -2.10. The quantitative estimate of drug-likeness (QED) is 0.903. The van der Waals surface area contributed by atoms with Crippen LogP contribution >= 0.6 is 23.2 Å². The first-order chi connectivity index (χ1) is 9.52. The van der Waals surface area contributed by atoms with Crippen LogP contribution in [0, 0.1) is 11.3 Å². The minimum absolute atomic E-state index is 0.0744. The first kappa shape index (κ1) is 14.1. The molecule has 5 nitrogen and oxygen atoms in total. The highest BCUT2D eigenvalue weighted by atomic mass is 35.5. The van der Waals surface area contributed by atoms with E-state index in [1.807, 2.05) is 6.07 Å². The second-order valence-corrected chi connectivity index (χ2v) is 4.54. The van der Waals surface area contributed by atoms with Gasteiger partial charge in [-0.2, -0.15) is 5.26 Å². The molecule has 2 rings (SSSR count). The van der Waals surface area contributed by atoms with Gasteiger partial charge in [-0.15, -0.1) is 0 Å². The van der Waals surface area contributed by atoms with Crippen molar-refractivity contribution >= 4 is 40.7 Å². The summed E-state index contributed by atoms with van der Waals surface area (Å²) in [6.45, 7) is 0. The Balaban J connectivity index is 2.36. The molecule has 0 spiro atoms. The standard InChI is InChI=1S/C13H7Cl2N3O2/c14-9-5-7(13(19)20)1-2-10(9)18-12-11(15)8(6-16)3-4-17-12/h1-5H,(H,17,18)(H,19,20). The monoisotopic (exact) mass is 307 g/mol. The van der Waals surface area contributed by atoms with E-state index in [9.17, 15) is 4.79 Å². The Labute approximate surface area is 124 Å². The number of aromatic nitrogens is 1. The number of nitrogens with zero attached hydrogens (tertiary/aromatic N) is 2. The molecule has 0 aliphatic heterocycles. The van der Waals surface area contributed by atoms with Crippen LogP contribution in [-0.4, -0.2) is 16.1 Å². The summed E-state index contributed by atoms with van der Waals surface area (Å²) in [7, 11) is 0. The van der Waals surface area contributed by atoms with Crippen molar-refractivity contribution in [1.82, 2.24) is 4.98 Å². The van der Waals surface area contributed by atoms with E-state index in [1.54, 1.807) is 0 Å². The van der Waals surface area contributed by atoms with E-state index in [-0.39, 0.29) is 27.0 Å². The maximum Gasteiger partial charge on any atom is 0.335 e. The topological polar surface area (TPSA) is 86.0 Å². The van der Waals surface area contributed by atoms with Crippen molar-refractivity contribution in [2.24, 2.45) is 0 Å². The van der Waals surface area contributed by atoms with E-state index in [2.05, 4.69) is 10.3 Å². The molecular formula is C13H7Cl2N3O2. The first-order valence-electron chi connectivity index (χ1n) is 5.37. The van der Waals surface area contributed by atoms with Gasteiger partial charge in [-0.3, -0.25) is 0 Å². The van der Waals surface area contributed by atoms with Gasteiger partial charge in [-0.25, -0.2) is 9.78 Å². The number of halogens is 2. The summed E-state index contributed by atoms with van der Waals surface area (Å²) in [5.41, 5.74) is 0.800. The molecule has 1 aromatic carbocycles. The van der Waals surface area contributed by atoms with Gasteiger partial charge in [0.2, 0.25) is 0 Å². The van der Waals surface area contributed by atoms with E-state index in [0.29, 0.717) is 5.69 Å². The molecule has 0 fully saturated rings. The number of hydrogen-bond donors (Lipinski definition) is 2. The van der Waals surface area contributed by atoms with Crippen molar-refractivity contribution in [2.45, 2.75) is 0 Å². The van der Waals surface area contributed by atoms with Gasteiger partial charge in [0.05, 0.1) is 21.8 Å². The summed E-state index contributed by atoms with van der Waals surface area (Å²) in [5.74, 6) is -0.795. The Morgan fingerprint density at radius 1 is 1.35 bits per heavy atom. The Morgan fingerprint density at radius 2 is 2.10 bits per heavy atom. The van der Waals surface area contributed by atoms with E-state index < -0.39 is 5.97 Å². The van der Waals surface area contributed by atoms with Crippen molar-refractivity contribution in [2.75, 3.05) is 5.32 Å². The predicted octanol–water partition coefficient (Wildman–Crippen LogP) is 3.70. The van der Waals surface area contributed by atoms with Crippen LogP contribution in [0.15, 0.2) is 30.5 Å². The van der Waals surface area contributed by atoms with Gasteiger partial charge in [0, 0.05) is 6.20 Å². The lowest BCUT2D eigenvalue weighted by Crippen LogP contribution is -1.99.